The summed E-state index contributed by atoms with van der Waals surface area (Å²) in [5.74, 6) is -1.07. The third kappa shape index (κ3) is 3.57. The van der Waals surface area contributed by atoms with E-state index in [4.69, 9.17) is 5.73 Å². The molecule has 110 valence electrons. The molecule has 4 N–H and O–H groups in total. The lowest BCUT2D eigenvalue weighted by Crippen LogP contribution is -2.33. The van der Waals surface area contributed by atoms with Crippen molar-refractivity contribution in [2.24, 2.45) is 0 Å². The Bertz CT molecular complexity index is 815. The Morgan fingerprint density at radius 1 is 1.43 bits per heavy atom. The second kappa shape index (κ2) is 5.92. The summed E-state index contributed by atoms with van der Waals surface area (Å²) >= 11 is 2.96. The molecule has 0 saturated heterocycles. The molecule has 0 bridgehead atoms. The van der Waals surface area contributed by atoms with Crippen molar-refractivity contribution in [2.45, 2.75) is 6.54 Å². The van der Waals surface area contributed by atoms with Gasteiger partial charge in [-0.3, -0.25) is 19.1 Å². The van der Waals surface area contributed by atoms with Gasteiger partial charge in [0.15, 0.2) is 0 Å². The Morgan fingerprint density at radius 3 is 2.81 bits per heavy atom. The number of halogens is 2. The molecule has 0 aliphatic carbocycles. The van der Waals surface area contributed by atoms with Gasteiger partial charge in [-0.05, 0) is 34.1 Å². The maximum atomic E-state index is 12.9. The average Bonchev–Trinajstić information content (AvgIpc) is 2.39. The van der Waals surface area contributed by atoms with Gasteiger partial charge in [0.2, 0.25) is 5.91 Å². The van der Waals surface area contributed by atoms with E-state index >= 15 is 0 Å². The maximum absolute atomic E-state index is 12.9. The molecule has 1 aromatic carbocycles. The molecule has 0 unspecified atom stereocenters. The van der Waals surface area contributed by atoms with Crippen LogP contribution in [0.2, 0.25) is 0 Å². The van der Waals surface area contributed by atoms with Crippen LogP contribution in [0.4, 0.5) is 15.8 Å². The molecule has 0 aliphatic rings. The molecule has 0 atom stereocenters. The molecule has 1 amide bonds. The molecule has 2 rings (SSSR count). The minimum Gasteiger partial charge on any atom is -0.397 e. The largest absolute Gasteiger partial charge is 0.397 e. The van der Waals surface area contributed by atoms with E-state index in [1.807, 2.05) is 4.98 Å². The SMILES string of the molecule is Nc1cc(F)ccc1NC(=O)Cn1cc(Br)c(=O)[nH]c1=O. The first kappa shape index (κ1) is 15.0. The van der Waals surface area contributed by atoms with Crippen LogP contribution in [0.25, 0.3) is 0 Å². The number of H-pyrrole nitrogens is 1. The van der Waals surface area contributed by atoms with E-state index in [1.165, 1.54) is 12.3 Å². The number of hydrogen-bond donors (Lipinski definition) is 3. The van der Waals surface area contributed by atoms with Gasteiger partial charge in [-0.1, -0.05) is 0 Å². The quantitative estimate of drug-likeness (QED) is 0.701. The molecule has 0 radical (unpaired) electrons. The molecule has 1 heterocycles. The molecular formula is C12H10BrFN4O3. The fourth-order valence-electron chi connectivity index (χ4n) is 1.59. The van der Waals surface area contributed by atoms with Gasteiger partial charge in [-0.15, -0.1) is 0 Å². The van der Waals surface area contributed by atoms with Crippen LogP contribution in [0.5, 0.6) is 0 Å². The lowest BCUT2D eigenvalue weighted by atomic mass is 10.2. The van der Waals surface area contributed by atoms with Crippen molar-refractivity contribution in [3.63, 3.8) is 0 Å². The molecule has 1 aromatic heterocycles. The normalized spacial score (nSPS) is 10.4. The molecule has 0 fully saturated rings. The number of amides is 1. The molecule has 9 heteroatoms. The molecular weight excluding hydrogens is 347 g/mol. The zero-order valence-electron chi connectivity index (χ0n) is 10.5. The highest BCUT2D eigenvalue weighted by atomic mass is 79.9. The number of nitrogens with two attached hydrogens (primary N) is 1. The van der Waals surface area contributed by atoms with E-state index in [0.29, 0.717) is 0 Å². The van der Waals surface area contributed by atoms with Gasteiger partial charge in [0.05, 0.1) is 15.8 Å². The van der Waals surface area contributed by atoms with Crippen molar-refractivity contribution in [1.82, 2.24) is 9.55 Å². The monoisotopic (exact) mass is 356 g/mol. The fourth-order valence-corrected chi connectivity index (χ4v) is 1.94. The average molecular weight is 357 g/mol. The van der Waals surface area contributed by atoms with Crippen molar-refractivity contribution in [3.05, 3.63) is 55.5 Å². The Balaban J connectivity index is 2.17. The van der Waals surface area contributed by atoms with Crippen molar-refractivity contribution < 1.29 is 9.18 Å². The number of anilines is 2. The van der Waals surface area contributed by atoms with Crippen LogP contribution in [-0.4, -0.2) is 15.5 Å². The first-order chi connectivity index (χ1) is 9.86. The molecule has 2 aromatic rings. The van der Waals surface area contributed by atoms with E-state index in [1.54, 1.807) is 0 Å². The first-order valence-electron chi connectivity index (χ1n) is 5.71. The van der Waals surface area contributed by atoms with Gasteiger partial charge in [0, 0.05) is 6.20 Å². The van der Waals surface area contributed by atoms with Crippen LogP contribution in [0.1, 0.15) is 0 Å². The van der Waals surface area contributed by atoms with Crippen molar-refractivity contribution >= 4 is 33.2 Å². The zero-order valence-corrected chi connectivity index (χ0v) is 12.1. The van der Waals surface area contributed by atoms with Crippen LogP contribution in [0.15, 0.2) is 38.5 Å². The summed E-state index contributed by atoms with van der Waals surface area (Å²) < 4.78 is 14.0. The Labute approximate surface area is 125 Å². The third-order valence-electron chi connectivity index (χ3n) is 2.57. The third-order valence-corrected chi connectivity index (χ3v) is 3.13. The summed E-state index contributed by atoms with van der Waals surface area (Å²) in [5, 5.41) is 2.45. The van der Waals surface area contributed by atoms with Gasteiger partial charge < -0.3 is 11.1 Å². The minimum atomic E-state index is -0.717. The molecule has 0 spiro atoms. The van der Waals surface area contributed by atoms with Gasteiger partial charge in [-0.25, -0.2) is 9.18 Å². The standard InChI is InChI=1S/C12H10BrFN4O3/c13-7-4-18(12(21)17-11(7)20)5-10(19)16-9-2-1-6(14)3-8(9)15/h1-4H,5,15H2,(H,16,19)(H,17,20,21). The van der Waals surface area contributed by atoms with Crippen LogP contribution >= 0.6 is 15.9 Å². The highest BCUT2D eigenvalue weighted by molar-refractivity contribution is 9.10. The summed E-state index contributed by atoms with van der Waals surface area (Å²) in [6.07, 6.45) is 1.20. The second-order valence-electron chi connectivity index (χ2n) is 4.14. The maximum Gasteiger partial charge on any atom is 0.328 e. The van der Waals surface area contributed by atoms with Crippen LogP contribution < -0.4 is 22.3 Å². The van der Waals surface area contributed by atoms with Crippen LogP contribution in [-0.2, 0) is 11.3 Å². The Morgan fingerprint density at radius 2 is 2.14 bits per heavy atom. The lowest BCUT2D eigenvalue weighted by molar-refractivity contribution is -0.116. The summed E-state index contributed by atoms with van der Waals surface area (Å²) in [4.78, 5) is 36.6. The van der Waals surface area contributed by atoms with E-state index in [-0.39, 0.29) is 22.4 Å². The summed E-state index contributed by atoms with van der Waals surface area (Å²) in [6.45, 7) is -0.328. The predicted molar refractivity (Wildman–Crippen MR) is 78.5 cm³/mol. The van der Waals surface area contributed by atoms with Gasteiger partial charge in [-0.2, -0.15) is 0 Å². The van der Waals surface area contributed by atoms with Crippen molar-refractivity contribution in [2.75, 3.05) is 11.1 Å². The topological polar surface area (TPSA) is 110 Å². The fraction of sp³-hybridized carbons (Fsp3) is 0.0833. The van der Waals surface area contributed by atoms with E-state index < -0.39 is 23.0 Å². The predicted octanol–water partition coefficient (Wildman–Crippen LogP) is 0.659. The van der Waals surface area contributed by atoms with Crippen molar-refractivity contribution in [1.29, 1.82) is 0 Å². The number of nitrogen functional groups attached to an aromatic ring is 1. The Hall–Kier alpha value is -2.42. The van der Waals surface area contributed by atoms with E-state index in [0.717, 1.165) is 16.7 Å². The number of nitrogens with one attached hydrogen (secondary N) is 2. The molecule has 0 aliphatic heterocycles. The zero-order chi connectivity index (χ0) is 15.6. The number of aromatic amines is 1. The highest BCUT2D eigenvalue weighted by Crippen LogP contribution is 2.18. The van der Waals surface area contributed by atoms with Crippen molar-refractivity contribution in [3.8, 4) is 0 Å². The number of rotatable bonds is 3. The number of nitrogens with zero attached hydrogens (tertiary/aromatic N) is 1. The minimum absolute atomic E-state index is 0.0679. The number of aromatic nitrogens is 2. The first-order valence-corrected chi connectivity index (χ1v) is 6.50. The second-order valence-corrected chi connectivity index (χ2v) is 5.00. The number of hydrogen-bond acceptors (Lipinski definition) is 4. The number of benzene rings is 1. The lowest BCUT2D eigenvalue weighted by Gasteiger charge is -2.09. The summed E-state index contributed by atoms with van der Waals surface area (Å²) in [7, 11) is 0. The van der Waals surface area contributed by atoms with Gasteiger partial charge in [0.25, 0.3) is 5.56 Å². The molecule has 0 saturated carbocycles. The van der Waals surface area contributed by atoms with Gasteiger partial charge in [0.1, 0.15) is 12.4 Å². The number of carbonyl (C=O) groups is 1. The van der Waals surface area contributed by atoms with Crippen LogP contribution in [0, 0.1) is 5.82 Å². The summed E-state index contributed by atoms with van der Waals surface area (Å²) in [5.41, 5.74) is 4.56. The van der Waals surface area contributed by atoms with E-state index in [9.17, 15) is 18.8 Å². The highest BCUT2D eigenvalue weighted by Gasteiger charge is 2.09. The van der Waals surface area contributed by atoms with Gasteiger partial charge >= 0.3 is 5.69 Å². The molecule has 7 nitrogen and oxygen atoms in total. The number of carbonyl (C=O) groups excluding carboxylic acids is 1. The Kier molecular flexibility index (Phi) is 4.22. The van der Waals surface area contributed by atoms with E-state index in [2.05, 4.69) is 21.2 Å². The molecule has 21 heavy (non-hydrogen) atoms. The smallest absolute Gasteiger partial charge is 0.328 e. The summed E-state index contributed by atoms with van der Waals surface area (Å²) in [6, 6.07) is 3.53. The van der Waals surface area contributed by atoms with Crippen LogP contribution in [0.3, 0.4) is 0 Å².